The fraction of sp³-hybridized carbons (Fsp3) is 0.200. The first kappa shape index (κ1) is 20.4. The van der Waals surface area contributed by atoms with Crippen LogP contribution in [0.4, 0.5) is 13.9 Å². The van der Waals surface area contributed by atoms with E-state index in [-0.39, 0.29) is 15.9 Å². The van der Waals surface area contributed by atoms with Crippen LogP contribution in [-0.4, -0.2) is 24.6 Å². The molecule has 1 saturated carbocycles. The lowest BCUT2D eigenvalue weighted by atomic mass is 10.1. The number of rotatable bonds is 7. The van der Waals surface area contributed by atoms with E-state index in [4.69, 9.17) is 4.74 Å². The van der Waals surface area contributed by atoms with Crippen molar-refractivity contribution in [2.24, 2.45) is 0 Å². The molecule has 1 fully saturated rings. The molecule has 1 aliphatic rings. The van der Waals surface area contributed by atoms with Crippen LogP contribution in [0.1, 0.15) is 24.5 Å². The summed E-state index contributed by atoms with van der Waals surface area (Å²) < 4.78 is 57.6. The zero-order chi connectivity index (χ0) is 21.3. The summed E-state index contributed by atoms with van der Waals surface area (Å²) in [5.41, 5.74) is 0.308. The van der Waals surface area contributed by atoms with E-state index in [1.54, 1.807) is 5.38 Å². The van der Waals surface area contributed by atoms with Gasteiger partial charge in [0.2, 0.25) is 6.10 Å². The minimum absolute atomic E-state index is 0.154. The Morgan fingerprint density at radius 2 is 1.90 bits per heavy atom. The number of ether oxygens (including phenoxy) is 1. The number of nitrogens with zero attached hydrogens (tertiary/aromatic N) is 1. The first-order valence-electron chi connectivity index (χ1n) is 9.00. The molecule has 1 atom stereocenters. The molecule has 10 heteroatoms. The van der Waals surface area contributed by atoms with Crippen LogP contribution >= 0.6 is 11.3 Å². The van der Waals surface area contributed by atoms with Crippen molar-refractivity contribution in [3.8, 4) is 5.75 Å². The molecule has 1 unspecified atom stereocenters. The Labute approximate surface area is 175 Å². The number of carbonyl (C=O) groups is 1. The van der Waals surface area contributed by atoms with Gasteiger partial charge in [0.05, 0.1) is 10.1 Å². The van der Waals surface area contributed by atoms with Gasteiger partial charge in [0.1, 0.15) is 5.82 Å². The summed E-state index contributed by atoms with van der Waals surface area (Å²) >= 11 is 1.19. The minimum atomic E-state index is -3.39. The van der Waals surface area contributed by atoms with Crippen LogP contribution in [0.3, 0.4) is 0 Å². The molecule has 156 valence electrons. The molecular formula is C20H16F2N2O4S2. The molecule has 0 bridgehead atoms. The summed E-state index contributed by atoms with van der Waals surface area (Å²) in [4.78, 5) is 16.9. The molecular weight excluding hydrogens is 434 g/mol. The third-order valence-corrected chi connectivity index (χ3v) is 7.48. The number of benzene rings is 2. The van der Waals surface area contributed by atoms with Gasteiger partial charge in [-0.15, -0.1) is 11.3 Å². The molecule has 0 radical (unpaired) electrons. The van der Waals surface area contributed by atoms with Crippen LogP contribution in [0.25, 0.3) is 0 Å². The first-order valence-corrected chi connectivity index (χ1v) is 11.4. The highest BCUT2D eigenvalue weighted by Crippen LogP contribution is 2.34. The highest BCUT2D eigenvalue weighted by atomic mass is 32.2. The smallest absolute Gasteiger partial charge is 0.271 e. The lowest BCUT2D eigenvalue weighted by Crippen LogP contribution is -2.26. The molecule has 1 aromatic heterocycles. The van der Waals surface area contributed by atoms with Crippen LogP contribution < -0.4 is 10.1 Å². The Morgan fingerprint density at radius 3 is 2.50 bits per heavy atom. The number of nitrogens with one attached hydrogen (secondary N) is 1. The Bertz CT molecular complexity index is 1160. The zero-order valence-corrected chi connectivity index (χ0v) is 17.1. The maximum absolute atomic E-state index is 14.1. The van der Waals surface area contributed by atoms with E-state index in [0.717, 1.165) is 12.1 Å². The van der Waals surface area contributed by atoms with E-state index in [1.165, 1.54) is 41.8 Å². The van der Waals surface area contributed by atoms with Gasteiger partial charge in [-0.05, 0) is 37.1 Å². The molecule has 1 heterocycles. The fourth-order valence-electron chi connectivity index (χ4n) is 2.83. The van der Waals surface area contributed by atoms with Crippen LogP contribution in [0, 0.1) is 11.6 Å². The highest BCUT2D eigenvalue weighted by Gasteiger charge is 2.37. The Kier molecular flexibility index (Phi) is 5.52. The number of hydrogen-bond donors (Lipinski definition) is 1. The minimum Gasteiger partial charge on any atom is -0.473 e. The molecule has 1 N–H and O–H groups in total. The van der Waals surface area contributed by atoms with Gasteiger partial charge in [-0.1, -0.05) is 12.1 Å². The predicted octanol–water partition coefficient (Wildman–Crippen LogP) is 4.12. The Hall–Kier alpha value is -2.85. The van der Waals surface area contributed by atoms with Gasteiger partial charge in [0, 0.05) is 23.2 Å². The van der Waals surface area contributed by atoms with Crippen LogP contribution in [-0.2, 0) is 14.6 Å². The van der Waals surface area contributed by atoms with Crippen molar-refractivity contribution in [2.75, 3.05) is 5.32 Å². The molecule has 0 spiro atoms. The summed E-state index contributed by atoms with van der Waals surface area (Å²) in [5, 5.41) is 4.20. The Morgan fingerprint density at radius 1 is 1.17 bits per heavy atom. The number of hydrogen-bond acceptors (Lipinski definition) is 6. The number of thiazole rings is 1. The predicted molar refractivity (Wildman–Crippen MR) is 107 cm³/mol. The summed E-state index contributed by atoms with van der Waals surface area (Å²) in [5.74, 6) is -2.69. The second-order valence-corrected chi connectivity index (χ2v) is 9.84. The van der Waals surface area contributed by atoms with Crippen LogP contribution in [0.15, 0.2) is 58.9 Å². The average molecular weight is 450 g/mol. The highest BCUT2D eigenvalue weighted by molar-refractivity contribution is 7.92. The molecule has 0 aliphatic heterocycles. The molecule has 0 saturated heterocycles. The van der Waals surface area contributed by atoms with Crippen molar-refractivity contribution in [2.45, 2.75) is 29.1 Å². The summed E-state index contributed by atoms with van der Waals surface area (Å²) in [7, 11) is -3.39. The fourth-order valence-corrected chi connectivity index (χ4v) is 5.02. The van der Waals surface area contributed by atoms with E-state index >= 15 is 0 Å². The molecule has 3 aromatic rings. The van der Waals surface area contributed by atoms with Crippen molar-refractivity contribution < 1.29 is 26.7 Å². The van der Waals surface area contributed by atoms with Crippen molar-refractivity contribution in [1.82, 2.24) is 4.98 Å². The molecule has 1 amide bonds. The van der Waals surface area contributed by atoms with E-state index in [2.05, 4.69) is 10.3 Å². The lowest BCUT2D eigenvalue weighted by molar-refractivity contribution is -0.123. The topological polar surface area (TPSA) is 85.4 Å². The quantitative estimate of drug-likeness (QED) is 0.585. The number of anilines is 1. The summed E-state index contributed by atoms with van der Waals surface area (Å²) in [6.45, 7) is 0. The van der Waals surface area contributed by atoms with E-state index < -0.39 is 33.5 Å². The van der Waals surface area contributed by atoms with Gasteiger partial charge in [-0.25, -0.2) is 22.2 Å². The standard InChI is InChI=1S/C20H16F2N2O4S2/c21-13-3-8-17(16(22)11-13)28-18(19(25)24-20-23-9-10-29-20)12-1-4-14(5-2-12)30(26,27)15-6-7-15/h1-5,8-11,15,18H,6-7H2,(H,23,24,25). The monoisotopic (exact) mass is 450 g/mol. The van der Waals surface area contributed by atoms with Gasteiger partial charge in [0.15, 0.2) is 26.5 Å². The molecule has 30 heavy (non-hydrogen) atoms. The molecule has 4 rings (SSSR count). The van der Waals surface area contributed by atoms with Gasteiger partial charge < -0.3 is 4.74 Å². The molecule has 6 nitrogen and oxygen atoms in total. The third-order valence-electron chi connectivity index (χ3n) is 4.51. The maximum atomic E-state index is 14.1. The van der Waals surface area contributed by atoms with Crippen molar-refractivity contribution >= 4 is 32.2 Å². The normalized spacial score (nSPS) is 14.9. The number of amides is 1. The van der Waals surface area contributed by atoms with Gasteiger partial charge in [0.25, 0.3) is 5.91 Å². The second kappa shape index (κ2) is 8.11. The van der Waals surface area contributed by atoms with E-state index in [1.807, 2.05) is 0 Å². The number of carbonyl (C=O) groups excluding carboxylic acids is 1. The number of sulfone groups is 1. The second-order valence-electron chi connectivity index (χ2n) is 6.71. The van der Waals surface area contributed by atoms with Crippen LogP contribution in [0.5, 0.6) is 5.75 Å². The van der Waals surface area contributed by atoms with Crippen molar-refractivity contribution in [3.05, 3.63) is 71.2 Å². The van der Waals surface area contributed by atoms with Crippen LogP contribution in [0.2, 0.25) is 0 Å². The first-order chi connectivity index (χ1) is 14.3. The van der Waals surface area contributed by atoms with Crippen molar-refractivity contribution in [1.29, 1.82) is 0 Å². The number of halogens is 2. The molecule has 1 aliphatic carbocycles. The Balaban J connectivity index is 1.64. The van der Waals surface area contributed by atoms with Gasteiger partial charge in [-0.2, -0.15) is 0 Å². The van der Waals surface area contributed by atoms with E-state index in [0.29, 0.717) is 29.6 Å². The number of aromatic nitrogens is 1. The largest absolute Gasteiger partial charge is 0.473 e. The molecule has 2 aromatic carbocycles. The summed E-state index contributed by atoms with van der Waals surface area (Å²) in [6.07, 6.45) is 1.46. The summed E-state index contributed by atoms with van der Waals surface area (Å²) in [6, 6.07) is 8.44. The third kappa shape index (κ3) is 4.34. The van der Waals surface area contributed by atoms with Gasteiger partial charge >= 0.3 is 0 Å². The SMILES string of the molecule is O=C(Nc1nccs1)C(Oc1ccc(F)cc1F)c1ccc(S(=O)(=O)C2CC2)cc1. The average Bonchev–Trinajstić information content (AvgIpc) is 3.46. The van der Waals surface area contributed by atoms with E-state index in [9.17, 15) is 22.0 Å². The zero-order valence-electron chi connectivity index (χ0n) is 15.4. The maximum Gasteiger partial charge on any atom is 0.271 e. The van der Waals surface area contributed by atoms with Gasteiger partial charge in [-0.3, -0.25) is 10.1 Å². The van der Waals surface area contributed by atoms with Crippen molar-refractivity contribution in [3.63, 3.8) is 0 Å². The lowest BCUT2D eigenvalue weighted by Gasteiger charge is -2.19.